The van der Waals surface area contributed by atoms with E-state index >= 15 is 0 Å². The molecule has 0 aliphatic heterocycles. The molecule has 1 aliphatic rings. The molecule has 3 nitrogen and oxygen atoms in total. The van der Waals surface area contributed by atoms with Crippen molar-refractivity contribution in [3.63, 3.8) is 0 Å². The lowest BCUT2D eigenvalue weighted by molar-refractivity contribution is 0.325. The number of nitrogens with two attached hydrogens (primary N) is 1. The van der Waals surface area contributed by atoms with Gasteiger partial charge < -0.3 is 5.73 Å². The molecule has 1 aliphatic carbocycles. The lowest BCUT2D eigenvalue weighted by atomic mass is 9.84. The van der Waals surface area contributed by atoms with Gasteiger partial charge in [0.25, 0.3) is 0 Å². The quantitative estimate of drug-likeness (QED) is 0.773. The first-order valence-corrected chi connectivity index (χ1v) is 5.32. The Morgan fingerprint density at radius 2 is 2.50 bits per heavy atom. The van der Waals surface area contributed by atoms with E-state index in [0.717, 1.165) is 12.8 Å². The van der Waals surface area contributed by atoms with Crippen LogP contribution in [0.4, 0.5) is 0 Å². The fourth-order valence-corrected chi connectivity index (χ4v) is 2.53. The van der Waals surface area contributed by atoms with Gasteiger partial charge in [0.2, 0.25) is 0 Å². The third-order valence-corrected chi connectivity index (χ3v) is 3.25. The summed E-state index contributed by atoms with van der Waals surface area (Å²) in [5.74, 6) is 0. The molecule has 2 N–H and O–H groups in total. The highest BCUT2D eigenvalue weighted by molar-refractivity contribution is 5.04. The van der Waals surface area contributed by atoms with E-state index in [2.05, 4.69) is 18.1 Å². The van der Waals surface area contributed by atoms with E-state index in [1.807, 2.05) is 17.9 Å². The summed E-state index contributed by atoms with van der Waals surface area (Å²) in [5, 5.41) is 4.42. The summed E-state index contributed by atoms with van der Waals surface area (Å²) in [6.07, 6.45) is 6.63. The van der Waals surface area contributed by atoms with Gasteiger partial charge in [0, 0.05) is 19.3 Å². The van der Waals surface area contributed by atoms with Crippen LogP contribution in [-0.2, 0) is 13.5 Å². The number of hydrogen-bond acceptors (Lipinski definition) is 2. The minimum atomic E-state index is 0.383. The molecule has 0 saturated heterocycles. The van der Waals surface area contributed by atoms with Crippen LogP contribution in [-0.4, -0.2) is 15.8 Å². The Hall–Kier alpha value is -0.830. The number of aromatic nitrogens is 2. The van der Waals surface area contributed by atoms with Crippen molar-refractivity contribution in [3.8, 4) is 0 Å². The predicted molar refractivity (Wildman–Crippen MR) is 56.8 cm³/mol. The molecule has 1 aromatic heterocycles. The molecule has 3 heteroatoms. The van der Waals surface area contributed by atoms with Crippen LogP contribution in [0.15, 0.2) is 12.3 Å². The zero-order chi connectivity index (χ0) is 10.2. The molecule has 2 atom stereocenters. The first-order chi connectivity index (χ1) is 6.57. The molecule has 1 saturated carbocycles. The van der Waals surface area contributed by atoms with Gasteiger partial charge in [0.15, 0.2) is 0 Å². The van der Waals surface area contributed by atoms with Crippen LogP contribution in [0, 0.1) is 5.41 Å². The average molecular weight is 193 g/mol. The molecule has 0 radical (unpaired) electrons. The topological polar surface area (TPSA) is 43.8 Å². The summed E-state index contributed by atoms with van der Waals surface area (Å²) in [4.78, 5) is 0. The fraction of sp³-hybridized carbons (Fsp3) is 0.727. The van der Waals surface area contributed by atoms with Gasteiger partial charge >= 0.3 is 0 Å². The van der Waals surface area contributed by atoms with E-state index in [-0.39, 0.29) is 0 Å². The summed E-state index contributed by atoms with van der Waals surface area (Å²) in [5.41, 5.74) is 7.52. The molecule has 0 aromatic carbocycles. The largest absolute Gasteiger partial charge is 0.328 e. The third kappa shape index (κ3) is 1.98. The molecule has 1 heterocycles. The fourth-order valence-electron chi connectivity index (χ4n) is 2.53. The van der Waals surface area contributed by atoms with Gasteiger partial charge in [-0.1, -0.05) is 6.92 Å². The van der Waals surface area contributed by atoms with Crippen LogP contribution in [0.1, 0.15) is 31.9 Å². The zero-order valence-electron chi connectivity index (χ0n) is 9.03. The maximum absolute atomic E-state index is 5.94. The molecule has 14 heavy (non-hydrogen) atoms. The van der Waals surface area contributed by atoms with Gasteiger partial charge in [-0.25, -0.2) is 0 Å². The van der Waals surface area contributed by atoms with E-state index < -0.39 is 0 Å². The second-order valence-corrected chi connectivity index (χ2v) is 4.97. The summed E-state index contributed by atoms with van der Waals surface area (Å²) < 4.78 is 1.87. The second-order valence-electron chi connectivity index (χ2n) is 4.97. The first kappa shape index (κ1) is 9.71. The van der Waals surface area contributed by atoms with Crippen LogP contribution < -0.4 is 5.73 Å². The van der Waals surface area contributed by atoms with Crippen molar-refractivity contribution < 1.29 is 0 Å². The van der Waals surface area contributed by atoms with Crippen LogP contribution in [0.5, 0.6) is 0 Å². The maximum Gasteiger partial charge on any atom is 0.0629 e. The third-order valence-electron chi connectivity index (χ3n) is 3.25. The molecule has 0 spiro atoms. The normalized spacial score (nSPS) is 32.4. The summed E-state index contributed by atoms with van der Waals surface area (Å²) >= 11 is 0. The molecule has 1 aromatic rings. The zero-order valence-corrected chi connectivity index (χ0v) is 9.03. The minimum Gasteiger partial charge on any atom is -0.328 e. The number of rotatable bonds is 2. The van der Waals surface area contributed by atoms with Crippen LogP contribution in [0.3, 0.4) is 0 Å². The Morgan fingerprint density at radius 1 is 1.71 bits per heavy atom. The van der Waals surface area contributed by atoms with E-state index in [1.54, 1.807) is 0 Å². The summed E-state index contributed by atoms with van der Waals surface area (Å²) in [6, 6.07) is 2.51. The molecule has 78 valence electrons. The first-order valence-electron chi connectivity index (χ1n) is 5.32. The monoisotopic (exact) mass is 193 g/mol. The number of aryl methyl sites for hydroxylation is 1. The number of hydrogen-bond donors (Lipinski definition) is 1. The van der Waals surface area contributed by atoms with Crippen molar-refractivity contribution in [2.45, 2.75) is 38.6 Å². The van der Waals surface area contributed by atoms with Crippen LogP contribution in [0.25, 0.3) is 0 Å². The van der Waals surface area contributed by atoms with Gasteiger partial charge in [0.05, 0.1) is 5.69 Å². The lowest BCUT2D eigenvalue weighted by Gasteiger charge is -2.22. The smallest absolute Gasteiger partial charge is 0.0629 e. The highest BCUT2D eigenvalue weighted by atomic mass is 15.2. The Morgan fingerprint density at radius 3 is 3.00 bits per heavy atom. The van der Waals surface area contributed by atoms with Crippen LogP contribution >= 0.6 is 0 Å². The van der Waals surface area contributed by atoms with Crippen LogP contribution in [0.2, 0.25) is 0 Å². The molecule has 2 rings (SSSR count). The van der Waals surface area contributed by atoms with Crippen molar-refractivity contribution >= 4 is 0 Å². The summed E-state index contributed by atoms with van der Waals surface area (Å²) in [6.45, 7) is 2.33. The summed E-state index contributed by atoms with van der Waals surface area (Å²) in [7, 11) is 1.96. The van der Waals surface area contributed by atoms with Gasteiger partial charge in [-0.05, 0) is 37.2 Å². The SMILES string of the molecule is Cn1ccc(CC2(C)CCC(N)C2)n1. The van der Waals surface area contributed by atoms with Crippen molar-refractivity contribution in [2.24, 2.45) is 18.2 Å². The molecule has 1 fully saturated rings. The predicted octanol–water partition coefficient (Wildman–Crippen LogP) is 1.48. The average Bonchev–Trinajstić information content (AvgIpc) is 2.60. The Labute approximate surface area is 85.3 Å². The number of nitrogens with zero attached hydrogens (tertiary/aromatic N) is 2. The van der Waals surface area contributed by atoms with Crippen molar-refractivity contribution in [1.82, 2.24) is 9.78 Å². The minimum absolute atomic E-state index is 0.383. The van der Waals surface area contributed by atoms with Crippen molar-refractivity contribution in [1.29, 1.82) is 0 Å². The molecular formula is C11H19N3. The molecule has 0 bridgehead atoms. The van der Waals surface area contributed by atoms with Gasteiger partial charge in [-0.3, -0.25) is 4.68 Å². The van der Waals surface area contributed by atoms with E-state index in [4.69, 9.17) is 5.73 Å². The van der Waals surface area contributed by atoms with Crippen molar-refractivity contribution in [3.05, 3.63) is 18.0 Å². The standard InChI is InChI=1S/C11H19N3/c1-11(5-3-9(12)7-11)8-10-4-6-14(2)13-10/h4,6,9H,3,5,7-8,12H2,1-2H3. The molecular weight excluding hydrogens is 174 g/mol. The Balaban J connectivity index is 2.03. The van der Waals surface area contributed by atoms with Crippen molar-refractivity contribution in [2.75, 3.05) is 0 Å². The van der Waals surface area contributed by atoms with Gasteiger partial charge in [0.1, 0.15) is 0 Å². The van der Waals surface area contributed by atoms with E-state index in [9.17, 15) is 0 Å². The van der Waals surface area contributed by atoms with Gasteiger partial charge in [-0.2, -0.15) is 5.10 Å². The Bertz CT molecular complexity index is 318. The van der Waals surface area contributed by atoms with E-state index in [0.29, 0.717) is 11.5 Å². The lowest BCUT2D eigenvalue weighted by Crippen LogP contribution is -2.21. The van der Waals surface area contributed by atoms with E-state index in [1.165, 1.54) is 18.5 Å². The highest BCUT2D eigenvalue weighted by Gasteiger charge is 2.33. The second kappa shape index (κ2) is 3.39. The van der Waals surface area contributed by atoms with Gasteiger partial charge in [-0.15, -0.1) is 0 Å². The molecule has 2 unspecified atom stereocenters. The maximum atomic E-state index is 5.94. The Kier molecular flexibility index (Phi) is 2.35. The highest BCUT2D eigenvalue weighted by Crippen LogP contribution is 2.39. The molecule has 0 amide bonds.